The molecule has 0 radical (unpaired) electrons. The molecule has 0 aliphatic rings. The summed E-state index contributed by atoms with van der Waals surface area (Å²) in [6, 6.07) is 11.8. The summed E-state index contributed by atoms with van der Waals surface area (Å²) in [5.41, 5.74) is 1.83. The van der Waals surface area contributed by atoms with Gasteiger partial charge in [-0.15, -0.1) is 0 Å². The number of fused-ring (bicyclic) bond motifs is 1. The van der Waals surface area contributed by atoms with Crippen LogP contribution < -0.4 is 10.1 Å². The van der Waals surface area contributed by atoms with Crippen molar-refractivity contribution in [2.24, 2.45) is 0 Å². The van der Waals surface area contributed by atoms with E-state index in [1.54, 1.807) is 19.1 Å². The summed E-state index contributed by atoms with van der Waals surface area (Å²) < 4.78 is 32.7. The number of nitrogens with one attached hydrogen (secondary N) is 2. The van der Waals surface area contributed by atoms with Crippen LogP contribution in [-0.2, 0) is 0 Å². The number of halogens is 3. The number of rotatable bonds is 6. The maximum absolute atomic E-state index is 14.0. The third kappa shape index (κ3) is 4.05. The second kappa shape index (κ2) is 8.25. The largest absolute Gasteiger partial charge is 0.436 e. The molecule has 0 fully saturated rings. The summed E-state index contributed by atoms with van der Waals surface area (Å²) in [6.45, 7) is 1.84. The number of ether oxygens (including phenoxy) is 1. The lowest BCUT2D eigenvalue weighted by Gasteiger charge is -2.12. The van der Waals surface area contributed by atoms with E-state index in [2.05, 4.69) is 20.5 Å². The maximum atomic E-state index is 14.0. The first-order valence-electron chi connectivity index (χ1n) is 9.11. The number of hydrogen-bond acceptors (Lipinski definition) is 5. The van der Waals surface area contributed by atoms with Gasteiger partial charge in [-0.3, -0.25) is 5.10 Å². The molecule has 3 N–H and O–H groups in total. The molecular formula is C21H17ClF2N4O2. The van der Waals surface area contributed by atoms with E-state index in [1.165, 1.54) is 6.07 Å². The summed E-state index contributed by atoms with van der Waals surface area (Å²) in [4.78, 5) is 4.41. The van der Waals surface area contributed by atoms with E-state index < -0.39 is 17.7 Å². The van der Waals surface area contributed by atoms with Gasteiger partial charge in [0.25, 0.3) is 0 Å². The predicted molar refractivity (Wildman–Crippen MR) is 111 cm³/mol. The molecule has 2 aromatic heterocycles. The zero-order valence-corrected chi connectivity index (χ0v) is 16.5. The van der Waals surface area contributed by atoms with Gasteiger partial charge >= 0.3 is 0 Å². The highest BCUT2D eigenvalue weighted by molar-refractivity contribution is 6.33. The fourth-order valence-corrected chi connectivity index (χ4v) is 3.19. The van der Waals surface area contributed by atoms with Gasteiger partial charge in [0.1, 0.15) is 17.3 Å². The zero-order chi connectivity index (χ0) is 21.3. The Kier molecular flexibility index (Phi) is 5.52. The SMILES string of the molecule is CC(O)CNc1nc(Oc2ccc(F)cc2F)cc2[nH]nc(-c3ccccc3Cl)c12. The van der Waals surface area contributed by atoms with E-state index in [4.69, 9.17) is 16.3 Å². The molecule has 30 heavy (non-hydrogen) atoms. The molecule has 1 atom stereocenters. The van der Waals surface area contributed by atoms with Crippen molar-refractivity contribution in [3.05, 3.63) is 65.2 Å². The molecule has 6 nitrogen and oxygen atoms in total. The highest BCUT2D eigenvalue weighted by Gasteiger charge is 2.19. The molecule has 4 aromatic rings. The number of aromatic amines is 1. The highest BCUT2D eigenvalue weighted by Crippen LogP contribution is 2.37. The van der Waals surface area contributed by atoms with Crippen LogP contribution in [0.2, 0.25) is 5.02 Å². The molecule has 4 rings (SSSR count). The number of H-pyrrole nitrogens is 1. The van der Waals surface area contributed by atoms with Crippen LogP contribution in [0.4, 0.5) is 14.6 Å². The van der Waals surface area contributed by atoms with E-state index in [1.807, 2.05) is 18.2 Å². The van der Waals surface area contributed by atoms with Crippen LogP contribution in [0.25, 0.3) is 22.2 Å². The molecule has 0 spiro atoms. The molecule has 2 aromatic carbocycles. The van der Waals surface area contributed by atoms with Gasteiger partial charge in [-0.05, 0) is 25.1 Å². The number of nitrogens with zero attached hydrogens (tertiary/aromatic N) is 2. The van der Waals surface area contributed by atoms with Crippen LogP contribution in [0.5, 0.6) is 11.6 Å². The van der Waals surface area contributed by atoms with Crippen LogP contribution >= 0.6 is 11.6 Å². The van der Waals surface area contributed by atoms with Gasteiger partial charge in [0, 0.05) is 24.2 Å². The van der Waals surface area contributed by atoms with Gasteiger partial charge in [0.2, 0.25) is 5.88 Å². The Bertz CT molecular complexity index is 1210. The molecule has 0 aliphatic carbocycles. The molecular weight excluding hydrogens is 414 g/mol. The van der Waals surface area contributed by atoms with Crippen molar-refractivity contribution in [2.75, 3.05) is 11.9 Å². The van der Waals surface area contributed by atoms with Crippen molar-refractivity contribution in [2.45, 2.75) is 13.0 Å². The van der Waals surface area contributed by atoms with Gasteiger partial charge in [-0.2, -0.15) is 10.1 Å². The van der Waals surface area contributed by atoms with Crippen LogP contribution in [0.3, 0.4) is 0 Å². The fourth-order valence-electron chi connectivity index (χ4n) is 2.96. The number of aromatic nitrogens is 3. The van der Waals surface area contributed by atoms with Crippen molar-refractivity contribution in [1.29, 1.82) is 0 Å². The van der Waals surface area contributed by atoms with Gasteiger partial charge < -0.3 is 15.2 Å². The standard InChI is InChI=1S/C21H17ClF2N4O2/c1-11(29)10-25-21-19-16(27-28-20(19)13-4-2-3-5-14(13)22)9-18(26-21)30-17-7-6-12(23)8-15(17)24/h2-9,11,29H,10H2,1H3,(H,25,26)(H,27,28). The predicted octanol–water partition coefficient (Wildman–Crippen LogP) is 5.14. The van der Waals surface area contributed by atoms with Crippen LogP contribution in [0.1, 0.15) is 6.92 Å². The van der Waals surface area contributed by atoms with E-state index in [0.29, 0.717) is 33.0 Å². The molecule has 1 unspecified atom stereocenters. The smallest absolute Gasteiger partial charge is 0.223 e. The van der Waals surface area contributed by atoms with Gasteiger partial charge in [0.15, 0.2) is 11.6 Å². The van der Waals surface area contributed by atoms with Crippen molar-refractivity contribution < 1.29 is 18.6 Å². The number of benzene rings is 2. The minimum absolute atomic E-state index is 0.0652. The van der Waals surface area contributed by atoms with Crippen LogP contribution in [0, 0.1) is 11.6 Å². The quantitative estimate of drug-likeness (QED) is 0.394. The van der Waals surface area contributed by atoms with E-state index in [-0.39, 0.29) is 18.2 Å². The average molecular weight is 431 g/mol. The van der Waals surface area contributed by atoms with Gasteiger partial charge in [-0.25, -0.2) is 8.78 Å². The lowest BCUT2D eigenvalue weighted by atomic mass is 10.1. The van der Waals surface area contributed by atoms with Crippen molar-refractivity contribution in [3.63, 3.8) is 0 Å². The third-order valence-corrected chi connectivity index (χ3v) is 4.65. The molecule has 0 saturated heterocycles. The number of aliphatic hydroxyl groups excluding tert-OH is 1. The van der Waals surface area contributed by atoms with Crippen molar-refractivity contribution in [3.8, 4) is 22.9 Å². The Morgan fingerprint density at radius 2 is 2.00 bits per heavy atom. The molecule has 9 heteroatoms. The first kappa shape index (κ1) is 20.1. The minimum atomic E-state index is -0.850. The molecule has 0 aliphatic heterocycles. The first-order chi connectivity index (χ1) is 14.4. The van der Waals surface area contributed by atoms with Gasteiger partial charge in [0.05, 0.1) is 22.0 Å². The monoisotopic (exact) mass is 430 g/mol. The first-order valence-corrected chi connectivity index (χ1v) is 9.49. The molecule has 154 valence electrons. The third-order valence-electron chi connectivity index (χ3n) is 4.32. The number of aliphatic hydroxyl groups is 1. The van der Waals surface area contributed by atoms with E-state index in [9.17, 15) is 13.9 Å². The Morgan fingerprint density at radius 1 is 1.20 bits per heavy atom. The van der Waals surface area contributed by atoms with Crippen LogP contribution in [0.15, 0.2) is 48.5 Å². The summed E-state index contributed by atoms with van der Waals surface area (Å²) in [5, 5.41) is 21.2. The number of hydrogen-bond donors (Lipinski definition) is 3. The second-order valence-corrected chi connectivity index (χ2v) is 7.10. The lowest BCUT2D eigenvalue weighted by Crippen LogP contribution is -2.16. The normalized spacial score (nSPS) is 12.2. The summed E-state index contributed by atoms with van der Waals surface area (Å²) in [7, 11) is 0. The lowest BCUT2D eigenvalue weighted by molar-refractivity contribution is 0.208. The number of anilines is 1. The second-order valence-electron chi connectivity index (χ2n) is 6.69. The van der Waals surface area contributed by atoms with Crippen LogP contribution in [-0.4, -0.2) is 32.9 Å². The highest BCUT2D eigenvalue weighted by atomic mass is 35.5. The van der Waals surface area contributed by atoms with E-state index in [0.717, 1.165) is 12.1 Å². The molecule has 0 bridgehead atoms. The Morgan fingerprint density at radius 3 is 2.73 bits per heavy atom. The molecule has 0 amide bonds. The number of pyridine rings is 1. The molecule has 2 heterocycles. The van der Waals surface area contributed by atoms with Gasteiger partial charge in [-0.1, -0.05) is 29.8 Å². The fraction of sp³-hybridized carbons (Fsp3) is 0.143. The van der Waals surface area contributed by atoms with E-state index >= 15 is 0 Å². The minimum Gasteiger partial charge on any atom is -0.436 e. The summed E-state index contributed by atoms with van der Waals surface area (Å²) in [6.07, 6.45) is -0.642. The summed E-state index contributed by atoms with van der Waals surface area (Å²) in [5.74, 6) is -1.29. The molecule has 0 saturated carbocycles. The zero-order valence-electron chi connectivity index (χ0n) is 15.8. The Labute approximate surface area is 175 Å². The maximum Gasteiger partial charge on any atom is 0.223 e. The summed E-state index contributed by atoms with van der Waals surface area (Å²) >= 11 is 6.33. The Hall–Kier alpha value is -3.23. The van der Waals surface area contributed by atoms with Crippen molar-refractivity contribution >= 4 is 28.3 Å². The average Bonchev–Trinajstić information content (AvgIpc) is 3.12. The topological polar surface area (TPSA) is 83.1 Å². The van der Waals surface area contributed by atoms with Crippen molar-refractivity contribution in [1.82, 2.24) is 15.2 Å². The Balaban J connectivity index is 1.82.